The highest BCUT2D eigenvalue weighted by Gasteiger charge is 2.31. The molecule has 0 bridgehead atoms. The van der Waals surface area contributed by atoms with E-state index in [0.717, 1.165) is 44.5 Å². The number of nitrogens with one attached hydrogen (secondary N) is 1. The number of alkyl halides is 3. The van der Waals surface area contributed by atoms with Gasteiger partial charge in [-0.1, -0.05) is 0 Å². The Labute approximate surface area is 189 Å². The number of ether oxygens (including phenoxy) is 1. The van der Waals surface area contributed by atoms with Crippen LogP contribution in [0, 0.1) is 0 Å². The monoisotopic (exact) mass is 468 g/mol. The summed E-state index contributed by atoms with van der Waals surface area (Å²) in [6.45, 7) is 1.43. The molecule has 1 fully saturated rings. The number of anilines is 2. The van der Waals surface area contributed by atoms with Crippen LogP contribution in [0.5, 0.6) is 5.75 Å². The van der Waals surface area contributed by atoms with E-state index in [2.05, 4.69) is 10.3 Å². The number of fused-ring (bicyclic) bond motifs is 1. The number of nitrogens with zero attached hydrogens (tertiary/aromatic N) is 3. The van der Waals surface area contributed by atoms with Gasteiger partial charge in [-0.2, -0.15) is 13.2 Å². The number of rotatable bonds is 4. The van der Waals surface area contributed by atoms with Crippen LogP contribution in [-0.2, 0) is 13.2 Å². The average molecular weight is 469 g/mol. The number of amides is 1. The summed E-state index contributed by atoms with van der Waals surface area (Å²) in [6, 6.07) is 5.21. The summed E-state index contributed by atoms with van der Waals surface area (Å²) in [5.41, 5.74) is 0.540. The van der Waals surface area contributed by atoms with Gasteiger partial charge in [0.25, 0.3) is 5.91 Å². The van der Waals surface area contributed by atoms with Gasteiger partial charge in [0.1, 0.15) is 11.6 Å². The average Bonchev–Trinajstić information content (AvgIpc) is 3.15. The van der Waals surface area contributed by atoms with E-state index in [9.17, 15) is 18.0 Å². The van der Waals surface area contributed by atoms with Crippen LogP contribution in [0.2, 0.25) is 0 Å². The van der Waals surface area contributed by atoms with Gasteiger partial charge < -0.3 is 19.5 Å². The zero-order valence-corrected chi connectivity index (χ0v) is 18.5. The maximum absolute atomic E-state index is 13.3. The summed E-state index contributed by atoms with van der Waals surface area (Å²) in [6.07, 6.45) is 1.86. The van der Waals surface area contributed by atoms with Crippen LogP contribution in [0.15, 0.2) is 36.7 Å². The van der Waals surface area contributed by atoms with E-state index in [-0.39, 0.29) is 29.8 Å². The second kappa shape index (κ2) is 9.28. The van der Waals surface area contributed by atoms with Crippen LogP contribution < -0.4 is 10.1 Å². The van der Waals surface area contributed by atoms with E-state index in [1.54, 1.807) is 12.3 Å². The lowest BCUT2D eigenvalue weighted by Gasteiger charge is -2.27. The second-order valence-electron chi connectivity index (χ2n) is 7.64. The zero-order valence-electron chi connectivity index (χ0n) is 17.7. The van der Waals surface area contributed by atoms with Crippen molar-refractivity contribution in [2.75, 3.05) is 25.5 Å². The summed E-state index contributed by atoms with van der Waals surface area (Å²) in [5.74, 6) is 0.372. The van der Waals surface area contributed by atoms with Crippen LogP contribution in [0.3, 0.4) is 0 Å². The molecule has 0 radical (unpaired) electrons. The Morgan fingerprint density at radius 2 is 1.88 bits per heavy atom. The predicted octanol–water partition coefficient (Wildman–Crippen LogP) is 5.39. The van der Waals surface area contributed by atoms with Crippen molar-refractivity contribution in [3.8, 4) is 5.75 Å². The van der Waals surface area contributed by atoms with Crippen LogP contribution in [0.25, 0.3) is 10.9 Å². The van der Waals surface area contributed by atoms with Gasteiger partial charge in [0.15, 0.2) is 0 Å². The van der Waals surface area contributed by atoms with E-state index < -0.39 is 11.7 Å². The molecule has 0 aliphatic carbocycles. The summed E-state index contributed by atoms with van der Waals surface area (Å²) < 4.78 is 46.6. The van der Waals surface area contributed by atoms with Crippen molar-refractivity contribution in [1.82, 2.24) is 14.5 Å². The summed E-state index contributed by atoms with van der Waals surface area (Å²) >= 11 is 0. The first-order chi connectivity index (χ1) is 14.8. The van der Waals surface area contributed by atoms with Gasteiger partial charge in [0.2, 0.25) is 0 Å². The molecule has 1 aliphatic heterocycles. The SMILES string of the molecule is COc1cc(Nc2ncc(C(=O)N3CCCCC3)c3c2ccn3C)cc(C(F)(F)F)c1.Cl. The number of likely N-dealkylation sites (tertiary alicyclic amines) is 1. The molecule has 2 aromatic heterocycles. The van der Waals surface area contributed by atoms with Gasteiger partial charge in [-0.15, -0.1) is 12.4 Å². The first kappa shape index (κ1) is 23.7. The quantitative estimate of drug-likeness (QED) is 0.557. The summed E-state index contributed by atoms with van der Waals surface area (Å²) in [7, 11) is 3.14. The van der Waals surface area contributed by atoms with Crippen molar-refractivity contribution in [3.05, 3.63) is 47.8 Å². The Kier molecular flexibility index (Phi) is 6.88. The number of carbonyl (C=O) groups is 1. The van der Waals surface area contributed by atoms with Gasteiger partial charge in [-0.25, -0.2) is 4.98 Å². The Bertz CT molecular complexity index is 1120. The first-order valence-electron chi connectivity index (χ1n) is 10.0. The normalized spacial score (nSPS) is 14.2. The van der Waals surface area contributed by atoms with Crippen molar-refractivity contribution < 1.29 is 22.7 Å². The highest BCUT2D eigenvalue weighted by atomic mass is 35.5. The molecule has 0 spiro atoms. The van der Waals surface area contributed by atoms with E-state index in [1.165, 1.54) is 19.4 Å². The van der Waals surface area contributed by atoms with Crippen molar-refractivity contribution in [2.24, 2.45) is 7.05 Å². The number of carbonyl (C=O) groups excluding carboxylic acids is 1. The van der Waals surface area contributed by atoms with E-state index in [4.69, 9.17) is 4.74 Å². The third-order valence-corrected chi connectivity index (χ3v) is 5.51. The molecule has 1 saturated heterocycles. The van der Waals surface area contributed by atoms with E-state index in [0.29, 0.717) is 22.3 Å². The number of aryl methyl sites for hydroxylation is 1. The van der Waals surface area contributed by atoms with Crippen LogP contribution in [0.4, 0.5) is 24.7 Å². The van der Waals surface area contributed by atoms with Gasteiger partial charge in [-0.3, -0.25) is 4.79 Å². The molecule has 3 aromatic rings. The minimum atomic E-state index is -4.51. The number of aromatic nitrogens is 2. The molecule has 0 saturated carbocycles. The third kappa shape index (κ3) is 4.62. The minimum absolute atomic E-state index is 0. The maximum Gasteiger partial charge on any atom is 0.416 e. The fourth-order valence-corrected chi connectivity index (χ4v) is 3.93. The topological polar surface area (TPSA) is 59.4 Å². The molecule has 6 nitrogen and oxygen atoms in total. The minimum Gasteiger partial charge on any atom is -0.497 e. The Morgan fingerprint density at radius 3 is 2.53 bits per heavy atom. The van der Waals surface area contributed by atoms with E-state index in [1.807, 2.05) is 16.5 Å². The molecule has 0 unspecified atom stereocenters. The number of piperidine rings is 1. The second-order valence-corrected chi connectivity index (χ2v) is 7.64. The van der Waals surface area contributed by atoms with Gasteiger partial charge >= 0.3 is 6.18 Å². The molecule has 1 aromatic carbocycles. The molecule has 1 aliphatic rings. The zero-order chi connectivity index (χ0) is 22.2. The summed E-state index contributed by atoms with van der Waals surface area (Å²) in [5, 5.41) is 3.62. The van der Waals surface area contributed by atoms with Crippen LogP contribution in [0.1, 0.15) is 35.2 Å². The molecule has 1 N–H and O–H groups in total. The molecule has 172 valence electrons. The molecule has 32 heavy (non-hydrogen) atoms. The predicted molar refractivity (Wildman–Crippen MR) is 119 cm³/mol. The standard InChI is InChI=1S/C22H23F3N4O2.ClH/c1-28-9-6-17-19(28)18(21(30)29-7-4-3-5-8-29)13-26-20(17)27-15-10-14(22(23,24)25)11-16(12-15)31-2;/h6,9-13H,3-5,7-8H2,1-2H3,(H,26,27);1H. The fraction of sp³-hybridized carbons (Fsp3) is 0.364. The largest absolute Gasteiger partial charge is 0.497 e. The third-order valence-electron chi connectivity index (χ3n) is 5.51. The number of halogens is 4. The molecule has 1 amide bonds. The van der Waals surface area contributed by atoms with Crippen molar-refractivity contribution in [1.29, 1.82) is 0 Å². The molecule has 10 heteroatoms. The number of methoxy groups -OCH3 is 1. The lowest BCUT2D eigenvalue weighted by atomic mass is 10.1. The number of benzene rings is 1. The molecular formula is C22H24ClF3N4O2. The van der Waals surface area contributed by atoms with Crippen LogP contribution >= 0.6 is 12.4 Å². The van der Waals surface area contributed by atoms with Crippen molar-refractivity contribution in [3.63, 3.8) is 0 Å². The van der Waals surface area contributed by atoms with Gasteiger partial charge in [0.05, 0.1) is 23.8 Å². The number of hydrogen-bond donors (Lipinski definition) is 1. The molecule has 3 heterocycles. The van der Waals surface area contributed by atoms with Crippen molar-refractivity contribution in [2.45, 2.75) is 25.4 Å². The summed E-state index contributed by atoms with van der Waals surface area (Å²) in [4.78, 5) is 19.3. The van der Waals surface area contributed by atoms with Crippen molar-refractivity contribution >= 4 is 40.7 Å². The lowest BCUT2D eigenvalue weighted by Crippen LogP contribution is -2.35. The first-order valence-corrected chi connectivity index (χ1v) is 10.0. The maximum atomic E-state index is 13.3. The smallest absolute Gasteiger partial charge is 0.416 e. The lowest BCUT2D eigenvalue weighted by molar-refractivity contribution is -0.137. The Morgan fingerprint density at radius 1 is 1.16 bits per heavy atom. The highest BCUT2D eigenvalue weighted by Crippen LogP contribution is 2.36. The van der Waals surface area contributed by atoms with Crippen LogP contribution in [-0.4, -0.2) is 40.6 Å². The Hall–Kier alpha value is -2.94. The van der Waals surface area contributed by atoms with Gasteiger partial charge in [0, 0.05) is 49.7 Å². The molecule has 4 rings (SSSR count). The molecule has 0 atom stereocenters. The highest BCUT2D eigenvalue weighted by molar-refractivity contribution is 6.08. The fourth-order valence-electron chi connectivity index (χ4n) is 3.93. The van der Waals surface area contributed by atoms with Gasteiger partial charge in [-0.05, 0) is 37.5 Å². The molecular weight excluding hydrogens is 445 g/mol. The Balaban J connectivity index is 0.00000289. The van der Waals surface area contributed by atoms with E-state index >= 15 is 0 Å². The number of pyridine rings is 1. The number of hydrogen-bond acceptors (Lipinski definition) is 4.